The van der Waals surface area contributed by atoms with Gasteiger partial charge in [0.2, 0.25) is 0 Å². The molecule has 0 aliphatic rings. The second-order valence-corrected chi connectivity index (χ2v) is 3.68. The molecule has 1 radical (unpaired) electrons. The first-order valence-electron chi connectivity index (χ1n) is 3.86. The second kappa shape index (κ2) is 3.30. The number of aldehydes is 1. The third-order valence-corrected chi connectivity index (χ3v) is 2.36. The Labute approximate surface area is 84.5 Å². The Balaban J connectivity index is 2.73. The van der Waals surface area contributed by atoms with Gasteiger partial charge in [-0.2, -0.15) is 0 Å². The Bertz CT molecular complexity index is 463. The van der Waals surface area contributed by atoms with E-state index in [1.54, 1.807) is 6.07 Å². The number of rotatable bonds is 1. The normalized spacial score (nSPS) is 10.2. The minimum absolute atomic E-state index is 0.592. The molecule has 0 N–H and O–H groups in total. The monoisotopic (exact) mass is 233 g/mol. The molecule has 1 nitrogen and oxygen atoms in total. The molecule has 0 saturated heterocycles. The number of halogens is 1. The number of carbonyl (C=O) groups is 1. The van der Waals surface area contributed by atoms with Crippen LogP contribution >= 0.6 is 15.9 Å². The maximum atomic E-state index is 10.5. The van der Waals surface area contributed by atoms with Gasteiger partial charge in [-0.05, 0) is 22.9 Å². The van der Waals surface area contributed by atoms with Crippen molar-refractivity contribution < 1.29 is 4.79 Å². The number of hydrogen-bond acceptors (Lipinski definition) is 1. The van der Waals surface area contributed by atoms with E-state index in [1.165, 1.54) is 0 Å². The highest BCUT2D eigenvalue weighted by Gasteiger charge is 1.96. The van der Waals surface area contributed by atoms with Crippen LogP contribution in [0.5, 0.6) is 0 Å². The molecule has 13 heavy (non-hydrogen) atoms. The van der Waals surface area contributed by atoms with Crippen molar-refractivity contribution in [2.24, 2.45) is 0 Å². The molecule has 0 amide bonds. The topological polar surface area (TPSA) is 17.1 Å². The van der Waals surface area contributed by atoms with Crippen molar-refractivity contribution in [3.8, 4) is 0 Å². The molecule has 0 heterocycles. The molecule has 2 heteroatoms. The Morgan fingerprint density at radius 2 is 2.08 bits per heavy atom. The van der Waals surface area contributed by atoms with Crippen molar-refractivity contribution in [1.82, 2.24) is 0 Å². The number of hydrogen-bond donors (Lipinski definition) is 0. The average Bonchev–Trinajstić information content (AvgIpc) is 2.17. The number of carbonyl (C=O) groups excluding carboxylic acids is 1. The molecular weight excluding hydrogens is 228 g/mol. The molecule has 0 aliphatic carbocycles. The summed E-state index contributed by atoms with van der Waals surface area (Å²) in [6, 6.07) is 12.6. The third kappa shape index (κ3) is 1.63. The summed E-state index contributed by atoms with van der Waals surface area (Å²) in [5.41, 5.74) is 0.592. The van der Waals surface area contributed by atoms with E-state index < -0.39 is 0 Å². The number of benzene rings is 2. The van der Waals surface area contributed by atoms with Gasteiger partial charge in [0.15, 0.2) is 6.29 Å². The Morgan fingerprint density at radius 1 is 1.23 bits per heavy atom. The quantitative estimate of drug-likeness (QED) is 0.692. The van der Waals surface area contributed by atoms with Crippen LogP contribution in [0.3, 0.4) is 0 Å². The van der Waals surface area contributed by atoms with Gasteiger partial charge in [-0.15, -0.1) is 0 Å². The summed E-state index contributed by atoms with van der Waals surface area (Å²) in [7, 11) is 0. The molecule has 0 unspecified atom stereocenters. The highest BCUT2D eigenvalue weighted by Crippen LogP contribution is 2.19. The Morgan fingerprint density at radius 3 is 2.85 bits per heavy atom. The molecule has 2 rings (SSSR count). The van der Waals surface area contributed by atoms with E-state index >= 15 is 0 Å². The van der Waals surface area contributed by atoms with Gasteiger partial charge in [0.1, 0.15) is 0 Å². The van der Waals surface area contributed by atoms with Gasteiger partial charge < -0.3 is 0 Å². The SMILES string of the molecule is O=Cc1[c]c2ccc(Br)cc2cc1. The Kier molecular flexibility index (Phi) is 2.15. The standard InChI is InChI=1S/C11H6BrO/c12-11-4-3-9-5-8(7-13)1-2-10(9)6-11/h1-4,6-7H. The van der Waals surface area contributed by atoms with Crippen LogP contribution in [0.25, 0.3) is 10.8 Å². The van der Waals surface area contributed by atoms with E-state index in [0.29, 0.717) is 5.56 Å². The fraction of sp³-hybridized carbons (Fsp3) is 0. The largest absolute Gasteiger partial charge is 0.298 e. The first-order chi connectivity index (χ1) is 6.29. The van der Waals surface area contributed by atoms with Crippen LogP contribution < -0.4 is 0 Å². The van der Waals surface area contributed by atoms with Crippen LogP contribution in [0.15, 0.2) is 34.8 Å². The second-order valence-electron chi connectivity index (χ2n) is 2.76. The zero-order chi connectivity index (χ0) is 9.26. The summed E-state index contributed by atoms with van der Waals surface area (Å²) in [4.78, 5) is 10.5. The molecule has 0 saturated carbocycles. The van der Waals surface area contributed by atoms with E-state index in [1.807, 2.05) is 24.3 Å². The third-order valence-electron chi connectivity index (χ3n) is 1.86. The van der Waals surface area contributed by atoms with Crippen LogP contribution in [0, 0.1) is 6.07 Å². The van der Waals surface area contributed by atoms with Crippen LogP contribution in [0.2, 0.25) is 0 Å². The summed E-state index contributed by atoms with van der Waals surface area (Å²) >= 11 is 3.38. The average molecular weight is 234 g/mol. The zero-order valence-electron chi connectivity index (χ0n) is 6.75. The maximum absolute atomic E-state index is 10.5. The van der Waals surface area contributed by atoms with Crippen LogP contribution in [0.1, 0.15) is 10.4 Å². The molecular formula is C11H6BrO. The first-order valence-corrected chi connectivity index (χ1v) is 4.66. The van der Waals surface area contributed by atoms with Gasteiger partial charge in [-0.1, -0.05) is 34.1 Å². The minimum atomic E-state index is 0.592. The van der Waals surface area contributed by atoms with Crippen molar-refractivity contribution >= 4 is 33.0 Å². The lowest BCUT2D eigenvalue weighted by Crippen LogP contribution is -1.80. The molecule has 2 aromatic rings. The van der Waals surface area contributed by atoms with E-state index in [4.69, 9.17) is 0 Å². The first kappa shape index (κ1) is 8.45. The van der Waals surface area contributed by atoms with Gasteiger partial charge in [-0.3, -0.25) is 4.79 Å². The van der Waals surface area contributed by atoms with Crippen molar-refractivity contribution in [3.63, 3.8) is 0 Å². The highest BCUT2D eigenvalue weighted by atomic mass is 79.9. The summed E-state index contributed by atoms with van der Waals surface area (Å²) in [5.74, 6) is 0. The van der Waals surface area contributed by atoms with E-state index in [2.05, 4.69) is 22.0 Å². The summed E-state index contributed by atoms with van der Waals surface area (Å²) in [6.45, 7) is 0. The molecule has 0 atom stereocenters. The highest BCUT2D eigenvalue weighted by molar-refractivity contribution is 9.10. The molecule has 0 bridgehead atoms. The maximum Gasteiger partial charge on any atom is 0.150 e. The van der Waals surface area contributed by atoms with Gasteiger partial charge in [0, 0.05) is 16.1 Å². The fourth-order valence-electron chi connectivity index (χ4n) is 1.23. The summed E-state index contributed by atoms with van der Waals surface area (Å²) in [5, 5.41) is 2.05. The molecule has 0 aliphatic heterocycles. The van der Waals surface area contributed by atoms with Crippen molar-refractivity contribution in [1.29, 1.82) is 0 Å². The lowest BCUT2D eigenvalue weighted by molar-refractivity contribution is 0.112. The summed E-state index contributed by atoms with van der Waals surface area (Å²) < 4.78 is 1.03. The van der Waals surface area contributed by atoms with Crippen molar-refractivity contribution in [3.05, 3.63) is 46.4 Å². The van der Waals surface area contributed by atoms with Crippen molar-refractivity contribution in [2.75, 3.05) is 0 Å². The lowest BCUT2D eigenvalue weighted by Gasteiger charge is -1.98. The molecule has 0 aromatic heterocycles. The van der Waals surface area contributed by atoms with Crippen LogP contribution in [-0.2, 0) is 0 Å². The molecule has 0 spiro atoms. The van der Waals surface area contributed by atoms with Gasteiger partial charge in [0.25, 0.3) is 0 Å². The van der Waals surface area contributed by atoms with Crippen LogP contribution in [0.4, 0.5) is 0 Å². The Hall–Kier alpha value is -1.15. The zero-order valence-corrected chi connectivity index (χ0v) is 8.34. The van der Waals surface area contributed by atoms with Gasteiger partial charge >= 0.3 is 0 Å². The summed E-state index contributed by atoms with van der Waals surface area (Å²) in [6.07, 6.45) is 0.807. The van der Waals surface area contributed by atoms with Crippen LogP contribution in [-0.4, -0.2) is 6.29 Å². The molecule has 0 fully saturated rings. The molecule has 63 valence electrons. The van der Waals surface area contributed by atoms with E-state index in [9.17, 15) is 4.79 Å². The fourth-order valence-corrected chi connectivity index (χ4v) is 1.61. The number of fused-ring (bicyclic) bond motifs is 1. The van der Waals surface area contributed by atoms with Gasteiger partial charge in [-0.25, -0.2) is 0 Å². The lowest BCUT2D eigenvalue weighted by atomic mass is 10.1. The van der Waals surface area contributed by atoms with Crippen molar-refractivity contribution in [2.45, 2.75) is 0 Å². The smallest absolute Gasteiger partial charge is 0.150 e. The predicted molar refractivity (Wildman–Crippen MR) is 55.9 cm³/mol. The predicted octanol–water partition coefficient (Wildman–Crippen LogP) is 3.21. The van der Waals surface area contributed by atoms with E-state index in [-0.39, 0.29) is 0 Å². The van der Waals surface area contributed by atoms with Gasteiger partial charge in [0.05, 0.1) is 0 Å². The molecule has 2 aromatic carbocycles. The van der Waals surface area contributed by atoms with E-state index in [0.717, 1.165) is 21.5 Å². The minimum Gasteiger partial charge on any atom is -0.298 e.